The van der Waals surface area contributed by atoms with E-state index >= 15 is 0 Å². The lowest BCUT2D eigenvalue weighted by molar-refractivity contribution is 1.05. The van der Waals surface area contributed by atoms with E-state index in [0.717, 1.165) is 11.5 Å². The fourth-order valence-corrected chi connectivity index (χ4v) is 1.79. The van der Waals surface area contributed by atoms with Gasteiger partial charge in [0.2, 0.25) is 0 Å². The first kappa shape index (κ1) is 9.43. The average molecular weight is 226 g/mol. The largest absolute Gasteiger partial charge is 0.364 e. The highest BCUT2D eigenvalue weighted by molar-refractivity contribution is 7.13. The maximum atomic E-state index is 5.71. The van der Waals surface area contributed by atoms with E-state index < -0.39 is 0 Å². The minimum atomic E-state index is 0.572. The van der Waals surface area contributed by atoms with Gasteiger partial charge in [0.05, 0.1) is 12.2 Å². The molecular formula is C9H8ClN3S. The van der Waals surface area contributed by atoms with Gasteiger partial charge >= 0.3 is 0 Å². The first-order chi connectivity index (χ1) is 6.84. The van der Waals surface area contributed by atoms with E-state index in [2.05, 4.69) is 15.3 Å². The molecule has 2 aromatic rings. The molecule has 1 N–H and O–H groups in total. The van der Waals surface area contributed by atoms with Crippen LogP contribution < -0.4 is 5.32 Å². The minimum absolute atomic E-state index is 0.572. The Hall–Kier alpha value is -1.13. The molecule has 0 atom stereocenters. The molecule has 2 heterocycles. The van der Waals surface area contributed by atoms with E-state index in [1.54, 1.807) is 6.20 Å². The normalized spacial score (nSPS) is 10.1. The van der Waals surface area contributed by atoms with Gasteiger partial charge in [0.1, 0.15) is 5.82 Å². The van der Waals surface area contributed by atoms with Crippen molar-refractivity contribution in [3.05, 3.63) is 39.9 Å². The van der Waals surface area contributed by atoms with Crippen molar-refractivity contribution in [1.29, 1.82) is 0 Å². The SMILES string of the molecule is Clc1nc(CNc2ccccn2)cs1. The van der Waals surface area contributed by atoms with Gasteiger partial charge in [-0.25, -0.2) is 9.97 Å². The molecule has 72 valence electrons. The number of thiazole rings is 1. The lowest BCUT2D eigenvalue weighted by atomic mass is 10.4. The molecule has 0 fully saturated rings. The molecule has 14 heavy (non-hydrogen) atoms. The van der Waals surface area contributed by atoms with E-state index in [4.69, 9.17) is 11.6 Å². The molecule has 0 aliphatic rings. The summed E-state index contributed by atoms with van der Waals surface area (Å²) in [5.41, 5.74) is 0.936. The Bertz CT molecular complexity index is 401. The van der Waals surface area contributed by atoms with Gasteiger partial charge in [-0.1, -0.05) is 17.7 Å². The van der Waals surface area contributed by atoms with Gasteiger partial charge in [-0.2, -0.15) is 0 Å². The summed E-state index contributed by atoms with van der Waals surface area (Å²) < 4.78 is 0.572. The van der Waals surface area contributed by atoms with Crippen molar-refractivity contribution in [3.63, 3.8) is 0 Å². The third kappa shape index (κ3) is 2.43. The van der Waals surface area contributed by atoms with Crippen molar-refractivity contribution in [1.82, 2.24) is 9.97 Å². The predicted molar refractivity (Wildman–Crippen MR) is 58.7 cm³/mol. The maximum Gasteiger partial charge on any atom is 0.183 e. The van der Waals surface area contributed by atoms with Crippen LogP contribution in [-0.2, 0) is 6.54 Å². The molecule has 2 aromatic heterocycles. The number of pyridine rings is 1. The number of hydrogen-bond acceptors (Lipinski definition) is 4. The molecule has 0 saturated heterocycles. The molecule has 2 rings (SSSR count). The zero-order valence-corrected chi connectivity index (χ0v) is 8.85. The molecule has 0 unspecified atom stereocenters. The molecule has 0 amide bonds. The standard InChI is InChI=1S/C9H8ClN3S/c10-9-13-7(6-14-9)5-12-8-3-1-2-4-11-8/h1-4,6H,5H2,(H,11,12). The fourth-order valence-electron chi connectivity index (χ4n) is 1.01. The van der Waals surface area contributed by atoms with Gasteiger partial charge in [-0.3, -0.25) is 0 Å². The summed E-state index contributed by atoms with van der Waals surface area (Å²) in [4.78, 5) is 8.25. The van der Waals surface area contributed by atoms with Gasteiger partial charge in [-0.15, -0.1) is 11.3 Å². The van der Waals surface area contributed by atoms with Crippen LogP contribution >= 0.6 is 22.9 Å². The minimum Gasteiger partial charge on any atom is -0.364 e. The Morgan fingerprint density at radius 3 is 3.00 bits per heavy atom. The number of nitrogens with zero attached hydrogens (tertiary/aromatic N) is 2. The van der Waals surface area contributed by atoms with Crippen molar-refractivity contribution in [3.8, 4) is 0 Å². The van der Waals surface area contributed by atoms with Crippen molar-refractivity contribution in [2.75, 3.05) is 5.32 Å². The Balaban J connectivity index is 1.95. The molecule has 0 spiro atoms. The zero-order valence-electron chi connectivity index (χ0n) is 7.27. The second-order valence-corrected chi connectivity index (χ2v) is 4.10. The quantitative estimate of drug-likeness (QED) is 0.873. The van der Waals surface area contributed by atoms with Gasteiger partial charge in [0.15, 0.2) is 4.47 Å². The highest BCUT2D eigenvalue weighted by Crippen LogP contribution is 2.15. The van der Waals surface area contributed by atoms with E-state index in [-0.39, 0.29) is 0 Å². The van der Waals surface area contributed by atoms with E-state index in [0.29, 0.717) is 11.0 Å². The number of nitrogens with one attached hydrogen (secondary N) is 1. The fraction of sp³-hybridized carbons (Fsp3) is 0.111. The van der Waals surface area contributed by atoms with Gasteiger partial charge < -0.3 is 5.32 Å². The highest BCUT2D eigenvalue weighted by atomic mass is 35.5. The van der Waals surface area contributed by atoms with Gasteiger partial charge in [0, 0.05) is 11.6 Å². The lowest BCUT2D eigenvalue weighted by Crippen LogP contribution is -2.00. The first-order valence-electron chi connectivity index (χ1n) is 4.09. The number of rotatable bonds is 3. The molecule has 0 radical (unpaired) electrons. The van der Waals surface area contributed by atoms with Crippen molar-refractivity contribution < 1.29 is 0 Å². The summed E-state index contributed by atoms with van der Waals surface area (Å²) >= 11 is 7.14. The smallest absolute Gasteiger partial charge is 0.183 e. The van der Waals surface area contributed by atoms with Crippen LogP contribution in [0.1, 0.15) is 5.69 Å². The van der Waals surface area contributed by atoms with Crippen molar-refractivity contribution in [2.45, 2.75) is 6.54 Å². The lowest BCUT2D eigenvalue weighted by Gasteiger charge is -2.01. The zero-order chi connectivity index (χ0) is 9.80. The molecule has 3 nitrogen and oxygen atoms in total. The van der Waals surface area contributed by atoms with Crippen LogP contribution in [0.25, 0.3) is 0 Å². The van der Waals surface area contributed by atoms with Crippen LogP contribution in [0.4, 0.5) is 5.82 Å². The summed E-state index contributed by atoms with van der Waals surface area (Å²) in [6.45, 7) is 0.653. The van der Waals surface area contributed by atoms with Gasteiger partial charge in [0.25, 0.3) is 0 Å². The molecule has 0 aromatic carbocycles. The number of aromatic nitrogens is 2. The van der Waals surface area contributed by atoms with Crippen molar-refractivity contribution in [2.24, 2.45) is 0 Å². The summed E-state index contributed by atoms with van der Waals surface area (Å²) in [7, 11) is 0. The van der Waals surface area contributed by atoms with Crippen LogP contribution in [0.15, 0.2) is 29.8 Å². The van der Waals surface area contributed by atoms with E-state index in [9.17, 15) is 0 Å². The third-order valence-corrected chi connectivity index (χ3v) is 2.67. The molecule has 0 bridgehead atoms. The van der Waals surface area contributed by atoms with Crippen LogP contribution in [-0.4, -0.2) is 9.97 Å². The highest BCUT2D eigenvalue weighted by Gasteiger charge is 1.98. The molecule has 0 saturated carbocycles. The molecule has 0 aliphatic heterocycles. The van der Waals surface area contributed by atoms with E-state index in [1.807, 2.05) is 23.6 Å². The Morgan fingerprint density at radius 1 is 1.43 bits per heavy atom. The number of anilines is 1. The summed E-state index contributed by atoms with van der Waals surface area (Å²) in [5, 5.41) is 5.08. The first-order valence-corrected chi connectivity index (χ1v) is 5.35. The van der Waals surface area contributed by atoms with Crippen LogP contribution in [0.3, 0.4) is 0 Å². The Morgan fingerprint density at radius 2 is 2.36 bits per heavy atom. The molecule has 5 heteroatoms. The maximum absolute atomic E-state index is 5.71. The van der Waals surface area contributed by atoms with Crippen LogP contribution in [0.5, 0.6) is 0 Å². The summed E-state index contributed by atoms with van der Waals surface area (Å²) in [6, 6.07) is 5.72. The average Bonchev–Trinajstić information content (AvgIpc) is 2.63. The van der Waals surface area contributed by atoms with Crippen molar-refractivity contribution >= 4 is 28.8 Å². The Labute approximate surface area is 90.8 Å². The third-order valence-electron chi connectivity index (χ3n) is 1.64. The second-order valence-electron chi connectivity index (χ2n) is 2.66. The van der Waals surface area contributed by atoms with Crippen LogP contribution in [0.2, 0.25) is 4.47 Å². The topological polar surface area (TPSA) is 37.8 Å². The summed E-state index contributed by atoms with van der Waals surface area (Å²) in [6.07, 6.45) is 1.75. The number of hydrogen-bond donors (Lipinski definition) is 1. The number of halogens is 1. The monoisotopic (exact) mass is 225 g/mol. The predicted octanol–water partition coefficient (Wildman–Crippen LogP) is 2.80. The molecular weight excluding hydrogens is 218 g/mol. The molecule has 0 aliphatic carbocycles. The van der Waals surface area contributed by atoms with Crippen LogP contribution in [0, 0.1) is 0 Å². The summed E-state index contributed by atoms with van der Waals surface area (Å²) in [5.74, 6) is 0.844. The van der Waals surface area contributed by atoms with Gasteiger partial charge in [-0.05, 0) is 12.1 Å². The van der Waals surface area contributed by atoms with E-state index in [1.165, 1.54) is 11.3 Å². The second kappa shape index (κ2) is 4.39. The Kier molecular flexibility index (Phi) is 2.96.